The maximum Gasteiger partial charge on any atom is 0.223 e. The van der Waals surface area contributed by atoms with Gasteiger partial charge in [0.25, 0.3) is 0 Å². The molecule has 1 atom stereocenters. The van der Waals surface area contributed by atoms with Crippen LogP contribution in [0.3, 0.4) is 0 Å². The van der Waals surface area contributed by atoms with Gasteiger partial charge in [-0.1, -0.05) is 20.8 Å². The summed E-state index contributed by atoms with van der Waals surface area (Å²) in [5.74, 6) is 0.898. The standard InChI is InChI=1S/C13H26N2O.ClH/c1-10(14)11-5-7-15(8-6-11)12(16)9-13(2,3)4;/h10-11H,5-9,14H2,1-4H3;1H. The molecule has 1 amide bonds. The molecule has 0 aliphatic carbocycles. The summed E-state index contributed by atoms with van der Waals surface area (Å²) < 4.78 is 0. The molecule has 2 N–H and O–H groups in total. The highest BCUT2D eigenvalue weighted by molar-refractivity contribution is 5.85. The van der Waals surface area contributed by atoms with E-state index >= 15 is 0 Å². The van der Waals surface area contributed by atoms with Crippen LogP contribution in [0.4, 0.5) is 0 Å². The second-order valence-electron chi connectivity index (χ2n) is 6.31. The summed E-state index contributed by atoms with van der Waals surface area (Å²) in [6.45, 7) is 10.2. The molecule has 0 aromatic carbocycles. The molecule has 0 aromatic rings. The van der Waals surface area contributed by atoms with Gasteiger partial charge in [0.05, 0.1) is 0 Å². The number of nitrogens with two attached hydrogens (primary N) is 1. The Bertz CT molecular complexity index is 240. The average Bonchev–Trinajstić information content (AvgIpc) is 2.15. The first-order valence-electron chi connectivity index (χ1n) is 6.33. The van der Waals surface area contributed by atoms with Gasteiger partial charge in [0, 0.05) is 25.6 Å². The van der Waals surface area contributed by atoms with E-state index < -0.39 is 0 Å². The molecule has 4 heteroatoms. The van der Waals surface area contributed by atoms with Gasteiger partial charge in [0.15, 0.2) is 0 Å². The molecule has 0 saturated carbocycles. The number of nitrogens with zero attached hydrogens (tertiary/aromatic N) is 1. The van der Waals surface area contributed by atoms with Gasteiger partial charge in [0.2, 0.25) is 5.91 Å². The quantitative estimate of drug-likeness (QED) is 0.831. The second-order valence-corrected chi connectivity index (χ2v) is 6.31. The van der Waals surface area contributed by atoms with Crippen LogP contribution in [0.1, 0.15) is 47.0 Å². The second kappa shape index (κ2) is 6.60. The van der Waals surface area contributed by atoms with Crippen LogP contribution in [0.2, 0.25) is 0 Å². The Hall–Kier alpha value is -0.280. The van der Waals surface area contributed by atoms with E-state index in [1.54, 1.807) is 0 Å². The molecule has 102 valence electrons. The van der Waals surface area contributed by atoms with Gasteiger partial charge in [-0.3, -0.25) is 4.79 Å². The van der Waals surface area contributed by atoms with Crippen LogP contribution in [0.5, 0.6) is 0 Å². The number of amides is 1. The molecule has 1 aliphatic heterocycles. The molecule has 1 saturated heterocycles. The molecule has 1 rings (SSSR count). The fraction of sp³-hybridized carbons (Fsp3) is 0.923. The minimum atomic E-state index is 0. The number of likely N-dealkylation sites (tertiary alicyclic amines) is 1. The van der Waals surface area contributed by atoms with E-state index in [9.17, 15) is 4.79 Å². The van der Waals surface area contributed by atoms with Crippen LogP contribution in [0, 0.1) is 11.3 Å². The van der Waals surface area contributed by atoms with Crippen molar-refractivity contribution in [2.45, 2.75) is 53.0 Å². The van der Waals surface area contributed by atoms with E-state index in [2.05, 4.69) is 27.7 Å². The Morgan fingerprint density at radius 2 is 1.82 bits per heavy atom. The Balaban J connectivity index is 0.00000256. The molecular weight excluding hydrogens is 236 g/mol. The minimum Gasteiger partial charge on any atom is -0.343 e. The van der Waals surface area contributed by atoms with Gasteiger partial charge in [-0.2, -0.15) is 0 Å². The fourth-order valence-corrected chi connectivity index (χ4v) is 2.24. The van der Waals surface area contributed by atoms with Crippen LogP contribution < -0.4 is 5.73 Å². The number of carbonyl (C=O) groups is 1. The molecule has 0 radical (unpaired) electrons. The lowest BCUT2D eigenvalue weighted by atomic mass is 9.88. The average molecular weight is 263 g/mol. The Labute approximate surface area is 112 Å². The Morgan fingerprint density at radius 3 is 2.18 bits per heavy atom. The van der Waals surface area contributed by atoms with Gasteiger partial charge in [-0.25, -0.2) is 0 Å². The van der Waals surface area contributed by atoms with Crippen molar-refractivity contribution < 1.29 is 4.79 Å². The van der Waals surface area contributed by atoms with Crippen molar-refractivity contribution in [2.75, 3.05) is 13.1 Å². The first kappa shape index (κ1) is 16.7. The highest BCUT2D eigenvalue weighted by Crippen LogP contribution is 2.24. The van der Waals surface area contributed by atoms with Crippen LogP contribution in [0.15, 0.2) is 0 Å². The third kappa shape index (κ3) is 5.73. The summed E-state index contributed by atoms with van der Waals surface area (Å²) in [5.41, 5.74) is 5.98. The molecular formula is C13H27ClN2O. The largest absolute Gasteiger partial charge is 0.343 e. The van der Waals surface area contributed by atoms with Crippen LogP contribution in [-0.4, -0.2) is 29.9 Å². The van der Waals surface area contributed by atoms with E-state index in [0.717, 1.165) is 25.9 Å². The first-order chi connectivity index (χ1) is 7.29. The van der Waals surface area contributed by atoms with Crippen LogP contribution in [0.25, 0.3) is 0 Å². The number of halogens is 1. The zero-order chi connectivity index (χ0) is 12.3. The van der Waals surface area contributed by atoms with Crippen molar-refractivity contribution in [3.63, 3.8) is 0 Å². The lowest BCUT2D eigenvalue weighted by Crippen LogP contribution is -2.43. The number of carbonyl (C=O) groups excluding carboxylic acids is 1. The van der Waals surface area contributed by atoms with Crippen LogP contribution >= 0.6 is 12.4 Å². The summed E-state index contributed by atoms with van der Waals surface area (Å²) in [4.78, 5) is 14.0. The summed E-state index contributed by atoms with van der Waals surface area (Å²) in [6.07, 6.45) is 2.77. The zero-order valence-electron chi connectivity index (χ0n) is 11.5. The third-order valence-corrected chi connectivity index (χ3v) is 3.32. The molecule has 17 heavy (non-hydrogen) atoms. The predicted octanol–water partition coefficient (Wildman–Crippen LogP) is 2.43. The van der Waals surface area contributed by atoms with Crippen molar-refractivity contribution >= 4 is 18.3 Å². The number of rotatable bonds is 2. The molecule has 1 heterocycles. The lowest BCUT2D eigenvalue weighted by molar-refractivity contribution is -0.134. The zero-order valence-corrected chi connectivity index (χ0v) is 12.3. The Morgan fingerprint density at radius 1 is 1.35 bits per heavy atom. The van der Waals surface area contributed by atoms with E-state index in [1.807, 2.05) is 4.90 Å². The van der Waals surface area contributed by atoms with Gasteiger partial charge in [-0.05, 0) is 31.1 Å². The maximum atomic E-state index is 12.0. The fourth-order valence-electron chi connectivity index (χ4n) is 2.24. The SMILES string of the molecule is CC(N)C1CCN(C(=O)CC(C)(C)C)CC1.Cl. The number of hydrogen-bond donors (Lipinski definition) is 1. The first-order valence-corrected chi connectivity index (χ1v) is 6.33. The van der Waals surface area contributed by atoms with Crippen molar-refractivity contribution in [3.05, 3.63) is 0 Å². The summed E-state index contributed by atoms with van der Waals surface area (Å²) >= 11 is 0. The molecule has 3 nitrogen and oxygen atoms in total. The maximum absolute atomic E-state index is 12.0. The van der Waals surface area contributed by atoms with E-state index in [0.29, 0.717) is 18.2 Å². The van der Waals surface area contributed by atoms with Crippen LogP contribution in [-0.2, 0) is 4.79 Å². The molecule has 1 aliphatic rings. The molecule has 0 aromatic heterocycles. The van der Waals surface area contributed by atoms with Crippen molar-refractivity contribution in [3.8, 4) is 0 Å². The van der Waals surface area contributed by atoms with Crippen molar-refractivity contribution in [2.24, 2.45) is 17.1 Å². The van der Waals surface area contributed by atoms with Crippen molar-refractivity contribution in [1.29, 1.82) is 0 Å². The molecule has 1 fully saturated rings. The highest BCUT2D eigenvalue weighted by Gasteiger charge is 2.26. The van der Waals surface area contributed by atoms with E-state index in [-0.39, 0.29) is 23.9 Å². The predicted molar refractivity (Wildman–Crippen MR) is 74.3 cm³/mol. The lowest BCUT2D eigenvalue weighted by Gasteiger charge is -2.35. The smallest absolute Gasteiger partial charge is 0.223 e. The van der Waals surface area contributed by atoms with Gasteiger partial charge >= 0.3 is 0 Å². The molecule has 0 spiro atoms. The molecule has 0 bridgehead atoms. The van der Waals surface area contributed by atoms with Gasteiger partial charge < -0.3 is 10.6 Å². The monoisotopic (exact) mass is 262 g/mol. The third-order valence-electron chi connectivity index (χ3n) is 3.32. The highest BCUT2D eigenvalue weighted by atomic mass is 35.5. The van der Waals surface area contributed by atoms with Crippen molar-refractivity contribution in [1.82, 2.24) is 4.90 Å². The van der Waals surface area contributed by atoms with E-state index in [1.165, 1.54) is 0 Å². The topological polar surface area (TPSA) is 46.3 Å². The number of hydrogen-bond acceptors (Lipinski definition) is 2. The normalized spacial score (nSPS) is 19.7. The summed E-state index contributed by atoms with van der Waals surface area (Å²) in [6, 6.07) is 0.264. The summed E-state index contributed by atoms with van der Waals surface area (Å²) in [5, 5.41) is 0. The minimum absolute atomic E-state index is 0. The van der Waals surface area contributed by atoms with E-state index in [4.69, 9.17) is 5.73 Å². The van der Waals surface area contributed by atoms with Gasteiger partial charge in [0.1, 0.15) is 0 Å². The molecule has 1 unspecified atom stereocenters. The number of piperidine rings is 1. The van der Waals surface area contributed by atoms with Gasteiger partial charge in [-0.15, -0.1) is 12.4 Å². The summed E-state index contributed by atoms with van der Waals surface area (Å²) in [7, 11) is 0. The Kier molecular flexibility index (Phi) is 6.49.